The summed E-state index contributed by atoms with van der Waals surface area (Å²) in [6, 6.07) is 0. The van der Waals surface area contributed by atoms with Crippen LogP contribution in [0.4, 0.5) is 0 Å². The van der Waals surface area contributed by atoms with E-state index in [1.165, 1.54) is 6.42 Å². The van der Waals surface area contributed by atoms with Gasteiger partial charge in [0.2, 0.25) is 0 Å². The van der Waals surface area contributed by atoms with E-state index in [1.807, 2.05) is 13.8 Å². The van der Waals surface area contributed by atoms with E-state index in [1.54, 1.807) is 11.1 Å². The van der Waals surface area contributed by atoms with E-state index in [4.69, 9.17) is 9.47 Å². The second-order valence-corrected chi connectivity index (χ2v) is 18.1. The van der Waals surface area contributed by atoms with Crippen molar-refractivity contribution in [1.82, 2.24) is 0 Å². The fraction of sp³-hybridized carbons (Fsp3) is 0.946. The van der Waals surface area contributed by atoms with Gasteiger partial charge in [-0.3, -0.25) is 0 Å². The van der Waals surface area contributed by atoms with Gasteiger partial charge in [-0.2, -0.15) is 0 Å². The zero-order valence-corrected chi connectivity index (χ0v) is 28.7. The van der Waals surface area contributed by atoms with Crippen molar-refractivity contribution in [3.05, 3.63) is 11.1 Å². The van der Waals surface area contributed by atoms with Crippen molar-refractivity contribution in [2.75, 3.05) is 6.61 Å². The molecule has 13 atom stereocenters. The van der Waals surface area contributed by atoms with Crippen molar-refractivity contribution in [3.63, 3.8) is 0 Å². The van der Waals surface area contributed by atoms with Gasteiger partial charge in [0.1, 0.15) is 11.7 Å². The van der Waals surface area contributed by atoms with Gasteiger partial charge in [0, 0.05) is 5.92 Å². The van der Waals surface area contributed by atoms with Gasteiger partial charge in [-0.05, 0) is 124 Å². The number of aliphatic hydroxyl groups is 5. The van der Waals surface area contributed by atoms with Gasteiger partial charge in [-0.25, -0.2) is 0 Å². The molecule has 0 bridgehead atoms. The summed E-state index contributed by atoms with van der Waals surface area (Å²) in [4.78, 5) is 0. The van der Waals surface area contributed by atoms with E-state index in [0.29, 0.717) is 31.1 Å². The van der Waals surface area contributed by atoms with Gasteiger partial charge in [0.05, 0.1) is 30.5 Å². The van der Waals surface area contributed by atoms with Crippen LogP contribution < -0.4 is 0 Å². The van der Waals surface area contributed by atoms with E-state index in [0.717, 1.165) is 44.9 Å². The Balaban J connectivity index is 1.21. The molecule has 0 aromatic heterocycles. The summed E-state index contributed by atoms with van der Waals surface area (Å²) in [5.41, 5.74) is 1.78. The lowest BCUT2D eigenvalue weighted by molar-refractivity contribution is -0.308. The summed E-state index contributed by atoms with van der Waals surface area (Å²) >= 11 is 0. The fourth-order valence-corrected chi connectivity index (χ4v) is 11.9. The molecule has 44 heavy (non-hydrogen) atoms. The first-order chi connectivity index (χ1) is 20.3. The average molecular weight is 619 g/mol. The quantitative estimate of drug-likeness (QED) is 0.228. The highest BCUT2D eigenvalue weighted by atomic mass is 16.7. The van der Waals surface area contributed by atoms with E-state index >= 15 is 0 Å². The van der Waals surface area contributed by atoms with Crippen LogP contribution in [0.2, 0.25) is 0 Å². The van der Waals surface area contributed by atoms with E-state index in [-0.39, 0.29) is 46.2 Å². The summed E-state index contributed by atoms with van der Waals surface area (Å²) in [5.74, 6) is 0.834. The molecule has 5 N–H and O–H groups in total. The maximum absolute atomic E-state index is 11.3. The van der Waals surface area contributed by atoms with Crippen molar-refractivity contribution in [2.24, 2.45) is 45.3 Å². The van der Waals surface area contributed by atoms with Gasteiger partial charge < -0.3 is 35.0 Å². The maximum Gasteiger partial charge on any atom is 0.187 e. The lowest BCUT2D eigenvalue weighted by Gasteiger charge is -2.63. The first-order valence-corrected chi connectivity index (χ1v) is 17.8. The lowest BCUT2D eigenvalue weighted by Crippen LogP contribution is -2.58. The molecule has 6 rings (SSSR count). The first-order valence-electron chi connectivity index (χ1n) is 17.8. The van der Waals surface area contributed by atoms with Crippen LogP contribution in [0.15, 0.2) is 11.1 Å². The molecule has 0 amide bonds. The molecule has 1 aliphatic heterocycles. The van der Waals surface area contributed by atoms with Crippen LogP contribution in [0.5, 0.6) is 0 Å². The topological polar surface area (TPSA) is 120 Å². The van der Waals surface area contributed by atoms with E-state index in [2.05, 4.69) is 41.5 Å². The van der Waals surface area contributed by atoms with Gasteiger partial charge >= 0.3 is 0 Å². The van der Waals surface area contributed by atoms with Crippen LogP contribution in [-0.2, 0) is 9.47 Å². The van der Waals surface area contributed by atoms with Crippen LogP contribution in [-0.4, -0.2) is 74.0 Å². The Labute approximate surface area is 265 Å². The molecular weight excluding hydrogens is 556 g/mol. The minimum atomic E-state index is -1.16. The molecule has 6 aliphatic rings. The average Bonchev–Trinajstić information content (AvgIpc) is 3.57. The molecule has 3 saturated carbocycles. The Morgan fingerprint density at radius 1 is 1.00 bits per heavy atom. The molecular formula is C37H62O7. The number of aliphatic hydroxyl groups excluding tert-OH is 3. The van der Waals surface area contributed by atoms with Crippen molar-refractivity contribution < 1.29 is 35.0 Å². The van der Waals surface area contributed by atoms with E-state index in [9.17, 15) is 25.5 Å². The van der Waals surface area contributed by atoms with Gasteiger partial charge in [0.25, 0.3) is 0 Å². The van der Waals surface area contributed by atoms with Crippen molar-refractivity contribution in [2.45, 2.75) is 168 Å². The Kier molecular flexibility index (Phi) is 8.14. The van der Waals surface area contributed by atoms with Crippen LogP contribution in [0, 0.1) is 45.3 Å². The standard InChI is InChI=1S/C37H62O7/c1-21(26(39)13-15-32(2,3)41)22-11-17-36(8)24-9-10-28-33(4,5)29(14-16-34(28,6)23(24)12-18-35(22,36)7)44-31-37(42)19-25(37)30(40)27(20-38)43-31/h21-22,25-31,38-42H,9-20H2,1-8H3/t21-,22+,25?,26?,27?,28?,29-,30?,31?,34+,35+,36-,37?/m0/s1. The van der Waals surface area contributed by atoms with Crippen LogP contribution >= 0.6 is 0 Å². The third-order valence-electron chi connectivity index (χ3n) is 15.0. The molecule has 252 valence electrons. The summed E-state index contributed by atoms with van der Waals surface area (Å²) in [6.45, 7) is 17.9. The highest BCUT2D eigenvalue weighted by molar-refractivity contribution is 5.39. The second-order valence-electron chi connectivity index (χ2n) is 18.1. The van der Waals surface area contributed by atoms with Crippen molar-refractivity contribution in [3.8, 4) is 0 Å². The number of ether oxygens (including phenoxy) is 2. The summed E-state index contributed by atoms with van der Waals surface area (Å²) in [6.07, 6.45) is 7.67. The van der Waals surface area contributed by atoms with Crippen molar-refractivity contribution >= 4 is 0 Å². The fourth-order valence-electron chi connectivity index (χ4n) is 11.9. The molecule has 7 unspecified atom stereocenters. The predicted octanol–water partition coefficient (Wildman–Crippen LogP) is 5.50. The molecule has 0 radical (unpaired) electrons. The zero-order chi connectivity index (χ0) is 32.3. The summed E-state index contributed by atoms with van der Waals surface area (Å²) < 4.78 is 12.7. The molecule has 1 saturated heterocycles. The van der Waals surface area contributed by atoms with E-state index < -0.39 is 35.8 Å². The number of allylic oxidation sites excluding steroid dienone is 2. The predicted molar refractivity (Wildman–Crippen MR) is 169 cm³/mol. The zero-order valence-electron chi connectivity index (χ0n) is 28.7. The number of fused-ring (bicyclic) bond motifs is 5. The Morgan fingerprint density at radius 3 is 2.36 bits per heavy atom. The third kappa shape index (κ3) is 4.84. The van der Waals surface area contributed by atoms with Crippen LogP contribution in [0.25, 0.3) is 0 Å². The highest BCUT2D eigenvalue weighted by Crippen LogP contribution is 2.73. The molecule has 0 aromatic rings. The largest absolute Gasteiger partial charge is 0.394 e. The summed E-state index contributed by atoms with van der Waals surface area (Å²) in [7, 11) is 0. The minimum Gasteiger partial charge on any atom is -0.394 e. The number of hydrogen-bond acceptors (Lipinski definition) is 7. The highest BCUT2D eigenvalue weighted by Gasteiger charge is 2.69. The van der Waals surface area contributed by atoms with Gasteiger partial charge in [-0.15, -0.1) is 0 Å². The smallest absolute Gasteiger partial charge is 0.187 e. The normalized spacial score (nSPS) is 49.4. The SMILES string of the molecule is C[C@H](C(O)CCC(C)(C)O)[C@H]1CC[C@@]2(C)C3=C(CC[C@]12C)[C@@]1(C)CC[C@H](OC2OC(CO)C(O)C4CC24O)C(C)(C)C1CC3. The first kappa shape index (κ1) is 33.4. The Bertz CT molecular complexity index is 1140. The second kappa shape index (κ2) is 10.7. The van der Waals surface area contributed by atoms with Crippen LogP contribution in [0.1, 0.15) is 126 Å². The van der Waals surface area contributed by atoms with Gasteiger partial charge in [0.15, 0.2) is 6.29 Å². The van der Waals surface area contributed by atoms with Crippen molar-refractivity contribution in [1.29, 1.82) is 0 Å². The molecule has 5 aliphatic carbocycles. The Morgan fingerprint density at radius 2 is 1.70 bits per heavy atom. The summed E-state index contributed by atoms with van der Waals surface area (Å²) in [5, 5.41) is 53.0. The minimum absolute atomic E-state index is 0.0703. The lowest BCUT2D eigenvalue weighted by atomic mass is 9.43. The maximum atomic E-state index is 11.3. The monoisotopic (exact) mass is 618 g/mol. The van der Waals surface area contributed by atoms with Gasteiger partial charge in [-0.1, -0.05) is 52.7 Å². The number of rotatable bonds is 8. The number of hydrogen-bond donors (Lipinski definition) is 5. The molecule has 4 fully saturated rings. The third-order valence-corrected chi connectivity index (χ3v) is 15.0. The molecule has 0 aromatic carbocycles. The molecule has 7 nitrogen and oxygen atoms in total. The molecule has 7 heteroatoms. The van der Waals surface area contributed by atoms with Crippen LogP contribution in [0.3, 0.4) is 0 Å². The molecule has 1 heterocycles. The Hall–Kier alpha value is -0.540. The molecule has 0 spiro atoms.